The SMILES string of the molecule is Clc1ccc2nc(CSc3ncnc4sc5c(c34)CCCC5)cn2c1. The third-order valence-corrected chi connectivity index (χ3v) is 6.98. The number of aromatic nitrogens is 4. The zero-order valence-corrected chi connectivity index (χ0v) is 15.8. The van der Waals surface area contributed by atoms with Crippen molar-refractivity contribution in [3.05, 3.63) is 52.0 Å². The molecule has 0 bridgehead atoms. The zero-order chi connectivity index (χ0) is 16.8. The fourth-order valence-corrected chi connectivity index (χ4v) is 5.77. The van der Waals surface area contributed by atoms with Crippen LogP contribution >= 0.6 is 34.7 Å². The zero-order valence-electron chi connectivity index (χ0n) is 13.4. The van der Waals surface area contributed by atoms with Crippen LogP contribution in [-0.4, -0.2) is 19.4 Å². The van der Waals surface area contributed by atoms with Gasteiger partial charge in [0, 0.05) is 28.4 Å². The lowest BCUT2D eigenvalue weighted by atomic mass is 9.97. The highest BCUT2D eigenvalue weighted by Crippen LogP contribution is 2.39. The standard InChI is InChI=1S/C18H15ClN4S2/c19-11-5-6-15-22-12(8-23(15)7-11)9-24-17-16-13-3-1-2-4-14(13)25-18(16)21-10-20-17/h5-8,10H,1-4,9H2. The molecule has 0 aliphatic heterocycles. The second-order valence-corrected chi connectivity index (χ2v) is 8.69. The summed E-state index contributed by atoms with van der Waals surface area (Å²) in [5, 5.41) is 3.07. The first-order chi connectivity index (χ1) is 12.3. The van der Waals surface area contributed by atoms with Crippen molar-refractivity contribution < 1.29 is 0 Å². The molecule has 4 aromatic heterocycles. The van der Waals surface area contributed by atoms with E-state index in [-0.39, 0.29) is 0 Å². The number of aryl methyl sites for hydroxylation is 2. The van der Waals surface area contributed by atoms with Crippen LogP contribution in [0.5, 0.6) is 0 Å². The number of imidazole rings is 1. The Morgan fingerprint density at radius 3 is 3.04 bits per heavy atom. The quantitative estimate of drug-likeness (QED) is 0.360. The van der Waals surface area contributed by atoms with Crippen molar-refractivity contribution in [2.45, 2.75) is 36.5 Å². The van der Waals surface area contributed by atoms with Gasteiger partial charge in [0.25, 0.3) is 0 Å². The van der Waals surface area contributed by atoms with E-state index < -0.39 is 0 Å². The van der Waals surface area contributed by atoms with Crippen LogP contribution in [0.3, 0.4) is 0 Å². The topological polar surface area (TPSA) is 43.1 Å². The first-order valence-corrected chi connectivity index (χ1v) is 10.5. The van der Waals surface area contributed by atoms with Crippen LogP contribution < -0.4 is 0 Å². The normalized spacial score (nSPS) is 14.3. The summed E-state index contributed by atoms with van der Waals surface area (Å²) in [5.41, 5.74) is 3.43. The largest absolute Gasteiger partial charge is 0.305 e. The van der Waals surface area contributed by atoms with E-state index in [1.165, 1.54) is 35.1 Å². The van der Waals surface area contributed by atoms with Gasteiger partial charge in [0.1, 0.15) is 21.8 Å². The van der Waals surface area contributed by atoms with E-state index in [1.54, 1.807) is 18.1 Å². The molecule has 4 aromatic rings. The number of hydrogen-bond donors (Lipinski definition) is 0. The highest BCUT2D eigenvalue weighted by Gasteiger charge is 2.20. The summed E-state index contributed by atoms with van der Waals surface area (Å²) in [6, 6.07) is 3.81. The van der Waals surface area contributed by atoms with Gasteiger partial charge in [-0.25, -0.2) is 15.0 Å². The average molecular weight is 387 g/mol. The molecule has 5 rings (SSSR count). The van der Waals surface area contributed by atoms with Gasteiger partial charge in [-0.05, 0) is 43.4 Å². The molecule has 4 nitrogen and oxygen atoms in total. The van der Waals surface area contributed by atoms with Crippen molar-refractivity contribution >= 4 is 50.6 Å². The van der Waals surface area contributed by atoms with Crippen molar-refractivity contribution in [1.82, 2.24) is 19.4 Å². The number of rotatable bonds is 3. The minimum Gasteiger partial charge on any atom is -0.305 e. The Bertz CT molecular complexity index is 1090. The van der Waals surface area contributed by atoms with Gasteiger partial charge >= 0.3 is 0 Å². The molecular formula is C18H15ClN4S2. The van der Waals surface area contributed by atoms with Crippen LogP contribution in [0.1, 0.15) is 29.0 Å². The van der Waals surface area contributed by atoms with E-state index in [1.807, 2.05) is 40.3 Å². The number of nitrogens with zero attached hydrogens (tertiary/aromatic N) is 4. The van der Waals surface area contributed by atoms with Gasteiger partial charge in [-0.3, -0.25) is 0 Å². The van der Waals surface area contributed by atoms with E-state index >= 15 is 0 Å². The number of thiophene rings is 1. The minimum atomic E-state index is 0.714. The lowest BCUT2D eigenvalue weighted by Crippen LogP contribution is -1.99. The van der Waals surface area contributed by atoms with Gasteiger partial charge in [0.15, 0.2) is 0 Å². The summed E-state index contributed by atoms with van der Waals surface area (Å²) in [6.45, 7) is 0. The Morgan fingerprint density at radius 1 is 1.16 bits per heavy atom. The van der Waals surface area contributed by atoms with Gasteiger partial charge in [-0.2, -0.15) is 0 Å². The van der Waals surface area contributed by atoms with Crippen LogP contribution in [-0.2, 0) is 18.6 Å². The van der Waals surface area contributed by atoms with Gasteiger partial charge in [-0.15, -0.1) is 11.3 Å². The van der Waals surface area contributed by atoms with E-state index in [9.17, 15) is 0 Å². The van der Waals surface area contributed by atoms with Gasteiger partial charge in [-0.1, -0.05) is 23.4 Å². The van der Waals surface area contributed by atoms with Crippen molar-refractivity contribution in [2.24, 2.45) is 0 Å². The van der Waals surface area contributed by atoms with Crippen LogP contribution in [0.4, 0.5) is 0 Å². The van der Waals surface area contributed by atoms with Gasteiger partial charge < -0.3 is 4.40 Å². The lowest BCUT2D eigenvalue weighted by molar-refractivity contribution is 0.699. The molecule has 0 atom stereocenters. The molecule has 1 aliphatic carbocycles. The smallest absolute Gasteiger partial charge is 0.137 e. The Kier molecular flexibility index (Phi) is 3.91. The Labute approximate surface area is 158 Å². The molecule has 7 heteroatoms. The molecule has 0 fully saturated rings. The summed E-state index contributed by atoms with van der Waals surface area (Å²) < 4.78 is 1.97. The predicted molar refractivity (Wildman–Crippen MR) is 104 cm³/mol. The second-order valence-electron chi connectivity index (χ2n) is 6.20. The highest BCUT2D eigenvalue weighted by atomic mass is 35.5. The molecule has 0 saturated carbocycles. The maximum absolute atomic E-state index is 6.05. The second kappa shape index (κ2) is 6.27. The van der Waals surface area contributed by atoms with Crippen LogP contribution in [0.25, 0.3) is 15.9 Å². The predicted octanol–water partition coefficient (Wildman–Crippen LogP) is 5.16. The molecule has 0 amide bonds. The molecule has 1 aliphatic rings. The van der Waals surface area contributed by atoms with Crippen LogP contribution in [0, 0.1) is 0 Å². The van der Waals surface area contributed by atoms with Gasteiger partial charge in [0.05, 0.1) is 10.7 Å². The molecule has 126 valence electrons. The monoisotopic (exact) mass is 386 g/mol. The minimum absolute atomic E-state index is 0.714. The molecule has 0 spiro atoms. The van der Waals surface area contributed by atoms with E-state index in [4.69, 9.17) is 11.6 Å². The maximum atomic E-state index is 6.05. The number of halogens is 1. The first kappa shape index (κ1) is 15.6. The van der Waals surface area contributed by atoms with Crippen molar-refractivity contribution in [2.75, 3.05) is 0 Å². The van der Waals surface area contributed by atoms with Crippen molar-refractivity contribution in [3.63, 3.8) is 0 Å². The fraction of sp³-hybridized carbons (Fsp3) is 0.278. The van der Waals surface area contributed by atoms with Crippen LogP contribution in [0.2, 0.25) is 5.02 Å². The third-order valence-electron chi connectivity index (χ3n) is 4.54. The Hall–Kier alpha value is -1.63. The maximum Gasteiger partial charge on any atom is 0.137 e. The van der Waals surface area contributed by atoms with Crippen LogP contribution in [0.15, 0.2) is 35.9 Å². The molecular weight excluding hydrogens is 372 g/mol. The highest BCUT2D eigenvalue weighted by molar-refractivity contribution is 7.98. The molecule has 0 radical (unpaired) electrons. The summed E-state index contributed by atoms with van der Waals surface area (Å²) in [7, 11) is 0. The summed E-state index contributed by atoms with van der Waals surface area (Å²) in [4.78, 5) is 16.4. The number of thioether (sulfide) groups is 1. The van der Waals surface area contributed by atoms with E-state index in [0.717, 1.165) is 33.4 Å². The molecule has 0 saturated heterocycles. The first-order valence-electron chi connectivity index (χ1n) is 8.29. The fourth-order valence-electron chi connectivity index (χ4n) is 3.40. The third kappa shape index (κ3) is 2.82. The number of pyridine rings is 1. The van der Waals surface area contributed by atoms with E-state index in [2.05, 4.69) is 15.0 Å². The number of hydrogen-bond acceptors (Lipinski definition) is 5. The molecule has 0 aromatic carbocycles. The Morgan fingerprint density at radius 2 is 2.08 bits per heavy atom. The summed E-state index contributed by atoms with van der Waals surface area (Å²) >= 11 is 9.64. The molecule has 25 heavy (non-hydrogen) atoms. The van der Waals surface area contributed by atoms with E-state index in [0.29, 0.717) is 5.02 Å². The molecule has 0 N–H and O–H groups in total. The molecule has 4 heterocycles. The van der Waals surface area contributed by atoms with Gasteiger partial charge in [0.2, 0.25) is 0 Å². The van der Waals surface area contributed by atoms with Crippen molar-refractivity contribution in [3.8, 4) is 0 Å². The lowest BCUT2D eigenvalue weighted by Gasteiger charge is -2.11. The Balaban J connectivity index is 1.48. The summed E-state index contributed by atoms with van der Waals surface area (Å²) in [5.74, 6) is 0.788. The number of fused-ring (bicyclic) bond motifs is 4. The molecule has 0 unspecified atom stereocenters. The average Bonchev–Trinajstić information content (AvgIpc) is 3.20. The van der Waals surface area contributed by atoms with Crippen molar-refractivity contribution in [1.29, 1.82) is 0 Å². The summed E-state index contributed by atoms with van der Waals surface area (Å²) in [6.07, 6.45) is 10.5.